The number of carbonyl (C=O) groups is 1. The molecule has 0 aromatic carbocycles. The summed E-state index contributed by atoms with van der Waals surface area (Å²) < 4.78 is 5.35. The Hall–Kier alpha value is -0.530. The average molecular weight is 170 g/mol. The summed E-state index contributed by atoms with van der Waals surface area (Å²) >= 11 is 0. The highest BCUT2D eigenvalue weighted by atomic mass is 16.5. The van der Waals surface area contributed by atoms with Crippen molar-refractivity contribution in [1.29, 1.82) is 0 Å². The molecular weight excluding hydrogens is 152 g/mol. The molecular formula is C10H18O2. The quantitative estimate of drug-likeness (QED) is 0.595. The lowest BCUT2D eigenvalue weighted by molar-refractivity contribution is -0.154. The van der Waals surface area contributed by atoms with Gasteiger partial charge in [-0.15, -0.1) is 0 Å². The molecule has 2 nitrogen and oxygen atoms in total. The normalized spacial score (nSPS) is 29.3. The molecule has 0 unspecified atom stereocenters. The molecule has 1 aliphatic rings. The van der Waals surface area contributed by atoms with Crippen molar-refractivity contribution >= 4 is 5.97 Å². The van der Waals surface area contributed by atoms with Gasteiger partial charge in [0.15, 0.2) is 0 Å². The maximum Gasteiger partial charge on any atom is 0.308 e. The van der Waals surface area contributed by atoms with E-state index in [1.165, 1.54) is 12.8 Å². The average Bonchev–Trinajstić information content (AvgIpc) is 2.36. The van der Waals surface area contributed by atoms with Crippen molar-refractivity contribution in [3.63, 3.8) is 0 Å². The third kappa shape index (κ3) is 2.23. The van der Waals surface area contributed by atoms with E-state index >= 15 is 0 Å². The van der Waals surface area contributed by atoms with Gasteiger partial charge in [0.25, 0.3) is 0 Å². The summed E-state index contributed by atoms with van der Waals surface area (Å²) in [6, 6.07) is 0. The fourth-order valence-electron chi connectivity index (χ4n) is 1.57. The minimum absolute atomic E-state index is 0.0119. The van der Waals surface area contributed by atoms with Gasteiger partial charge in [0, 0.05) is 0 Å². The molecule has 2 heteroatoms. The van der Waals surface area contributed by atoms with Crippen molar-refractivity contribution in [2.75, 3.05) is 0 Å². The lowest BCUT2D eigenvalue weighted by Gasteiger charge is -2.17. The summed E-state index contributed by atoms with van der Waals surface area (Å²) in [7, 11) is 0. The number of rotatable bonds is 2. The summed E-state index contributed by atoms with van der Waals surface area (Å²) in [5.74, 6) is 0.527. The Morgan fingerprint density at radius 3 is 2.50 bits per heavy atom. The fraction of sp³-hybridized carbons (Fsp3) is 0.900. The molecule has 0 radical (unpaired) electrons. The molecule has 0 bridgehead atoms. The predicted octanol–water partition coefficient (Wildman–Crippen LogP) is 2.37. The van der Waals surface area contributed by atoms with Gasteiger partial charge in [-0.1, -0.05) is 20.8 Å². The van der Waals surface area contributed by atoms with Crippen LogP contribution < -0.4 is 0 Å². The van der Waals surface area contributed by atoms with Crippen LogP contribution in [0, 0.1) is 11.8 Å². The molecule has 0 N–H and O–H groups in total. The molecule has 0 heterocycles. The number of carbonyl (C=O) groups excluding carboxylic acids is 1. The lowest BCUT2D eigenvalue weighted by atomic mass is 10.1. The van der Waals surface area contributed by atoms with E-state index in [0.29, 0.717) is 5.92 Å². The minimum Gasteiger partial charge on any atom is -0.462 e. The fourth-order valence-corrected chi connectivity index (χ4v) is 1.57. The van der Waals surface area contributed by atoms with Crippen LogP contribution in [0.1, 0.15) is 40.0 Å². The Morgan fingerprint density at radius 1 is 1.42 bits per heavy atom. The first-order chi connectivity index (χ1) is 5.61. The van der Waals surface area contributed by atoms with Gasteiger partial charge < -0.3 is 4.74 Å². The maximum absolute atomic E-state index is 11.2. The monoisotopic (exact) mass is 170 g/mol. The summed E-state index contributed by atoms with van der Waals surface area (Å²) in [6.07, 6.45) is 3.66. The topological polar surface area (TPSA) is 26.3 Å². The zero-order chi connectivity index (χ0) is 9.14. The largest absolute Gasteiger partial charge is 0.462 e. The van der Waals surface area contributed by atoms with Crippen molar-refractivity contribution in [1.82, 2.24) is 0 Å². The van der Waals surface area contributed by atoms with Gasteiger partial charge in [-0.05, 0) is 25.2 Å². The molecule has 70 valence electrons. The molecule has 0 aliphatic heterocycles. The molecule has 0 aromatic heterocycles. The van der Waals surface area contributed by atoms with Crippen LogP contribution in [-0.4, -0.2) is 12.1 Å². The summed E-state index contributed by atoms with van der Waals surface area (Å²) in [5, 5.41) is 0. The van der Waals surface area contributed by atoms with Crippen LogP contribution in [0.25, 0.3) is 0 Å². The van der Waals surface area contributed by atoms with E-state index in [-0.39, 0.29) is 18.0 Å². The Balaban J connectivity index is 2.35. The third-order valence-electron chi connectivity index (χ3n) is 2.52. The smallest absolute Gasteiger partial charge is 0.308 e. The summed E-state index contributed by atoms with van der Waals surface area (Å²) in [6.45, 7) is 5.91. The highest BCUT2D eigenvalue weighted by Gasteiger charge is 2.27. The Kier molecular flexibility index (Phi) is 3.12. The second-order valence-electron chi connectivity index (χ2n) is 4.04. The SMILES string of the molecule is CC(C)C(=O)O[C@H]1CCC[C@@H]1C. The summed E-state index contributed by atoms with van der Waals surface area (Å²) in [4.78, 5) is 11.2. The summed E-state index contributed by atoms with van der Waals surface area (Å²) in [5.41, 5.74) is 0. The van der Waals surface area contributed by atoms with Gasteiger partial charge in [-0.2, -0.15) is 0 Å². The molecule has 1 aliphatic carbocycles. The van der Waals surface area contributed by atoms with Crippen LogP contribution in [0.4, 0.5) is 0 Å². The zero-order valence-corrected chi connectivity index (χ0v) is 8.17. The van der Waals surface area contributed by atoms with E-state index in [1.54, 1.807) is 0 Å². The van der Waals surface area contributed by atoms with Crippen LogP contribution in [0.5, 0.6) is 0 Å². The third-order valence-corrected chi connectivity index (χ3v) is 2.52. The first kappa shape index (κ1) is 9.56. The van der Waals surface area contributed by atoms with Crippen molar-refractivity contribution < 1.29 is 9.53 Å². The van der Waals surface area contributed by atoms with Crippen LogP contribution in [0.2, 0.25) is 0 Å². The van der Waals surface area contributed by atoms with E-state index in [2.05, 4.69) is 6.92 Å². The van der Waals surface area contributed by atoms with Crippen molar-refractivity contribution in [3.05, 3.63) is 0 Å². The molecule has 0 saturated heterocycles. The highest BCUT2D eigenvalue weighted by molar-refractivity contribution is 5.71. The molecule has 1 saturated carbocycles. The van der Waals surface area contributed by atoms with Crippen molar-refractivity contribution in [3.8, 4) is 0 Å². The van der Waals surface area contributed by atoms with E-state index < -0.39 is 0 Å². The van der Waals surface area contributed by atoms with E-state index in [4.69, 9.17) is 4.74 Å². The lowest BCUT2D eigenvalue weighted by Crippen LogP contribution is -2.23. The second-order valence-corrected chi connectivity index (χ2v) is 4.04. The van der Waals surface area contributed by atoms with Gasteiger partial charge in [-0.25, -0.2) is 0 Å². The van der Waals surface area contributed by atoms with Crippen molar-refractivity contribution in [2.45, 2.75) is 46.1 Å². The van der Waals surface area contributed by atoms with Crippen molar-refractivity contribution in [2.24, 2.45) is 11.8 Å². The van der Waals surface area contributed by atoms with Crippen LogP contribution in [0.3, 0.4) is 0 Å². The molecule has 1 fully saturated rings. The Morgan fingerprint density at radius 2 is 2.08 bits per heavy atom. The van der Waals surface area contributed by atoms with Gasteiger partial charge in [0.05, 0.1) is 5.92 Å². The van der Waals surface area contributed by atoms with Crippen LogP contribution in [-0.2, 0) is 9.53 Å². The second kappa shape index (κ2) is 3.92. The van der Waals surface area contributed by atoms with Gasteiger partial charge >= 0.3 is 5.97 Å². The van der Waals surface area contributed by atoms with E-state index in [9.17, 15) is 4.79 Å². The Bertz CT molecular complexity index is 163. The molecule has 0 aromatic rings. The molecule has 1 rings (SSSR count). The number of esters is 1. The van der Waals surface area contributed by atoms with Crippen LogP contribution in [0.15, 0.2) is 0 Å². The van der Waals surface area contributed by atoms with Crippen LogP contribution >= 0.6 is 0 Å². The van der Waals surface area contributed by atoms with E-state index in [1.807, 2.05) is 13.8 Å². The maximum atomic E-state index is 11.2. The number of hydrogen-bond acceptors (Lipinski definition) is 2. The molecule has 0 spiro atoms. The minimum atomic E-state index is -0.0475. The van der Waals surface area contributed by atoms with E-state index in [0.717, 1.165) is 6.42 Å². The first-order valence-electron chi connectivity index (χ1n) is 4.81. The van der Waals surface area contributed by atoms with Gasteiger partial charge in [0.2, 0.25) is 0 Å². The Labute approximate surface area is 74.3 Å². The number of ether oxygens (including phenoxy) is 1. The molecule has 2 atom stereocenters. The first-order valence-corrected chi connectivity index (χ1v) is 4.81. The predicted molar refractivity (Wildman–Crippen MR) is 47.7 cm³/mol. The highest BCUT2D eigenvalue weighted by Crippen LogP contribution is 2.28. The van der Waals surface area contributed by atoms with Gasteiger partial charge in [0.1, 0.15) is 6.10 Å². The van der Waals surface area contributed by atoms with Gasteiger partial charge in [-0.3, -0.25) is 4.79 Å². The molecule has 0 amide bonds. The molecule has 12 heavy (non-hydrogen) atoms. The number of hydrogen-bond donors (Lipinski definition) is 0. The zero-order valence-electron chi connectivity index (χ0n) is 8.17. The standard InChI is InChI=1S/C10H18O2/c1-7(2)10(11)12-9-6-4-5-8(9)3/h7-9H,4-6H2,1-3H3/t8-,9-/m0/s1.